The third-order valence-corrected chi connectivity index (χ3v) is 5.73. The Morgan fingerprint density at radius 2 is 1.66 bits per heavy atom. The Hall–Kier alpha value is -3.51. The first kappa shape index (κ1) is 26.1. The molecule has 0 bridgehead atoms. The summed E-state index contributed by atoms with van der Waals surface area (Å²) in [7, 11) is 0. The summed E-state index contributed by atoms with van der Waals surface area (Å²) in [5.74, 6) is -1.29. The minimum Gasteiger partial charge on any atom is -0.494 e. The average Bonchev–Trinajstić information content (AvgIpc) is 2.81. The lowest BCUT2D eigenvalue weighted by atomic mass is 9.97. The number of nitrogens with one attached hydrogen (secondary N) is 1. The van der Waals surface area contributed by atoms with Crippen LogP contribution >= 0.6 is 0 Å². The molecule has 0 unspecified atom stereocenters. The van der Waals surface area contributed by atoms with Crippen LogP contribution in [0.3, 0.4) is 0 Å². The van der Waals surface area contributed by atoms with Crippen LogP contribution in [0.2, 0.25) is 0 Å². The number of aryl methyl sites for hydroxylation is 2. The Kier molecular flexibility index (Phi) is 9.56. The number of hydrogen-bond donors (Lipinski definition) is 2. The molecule has 0 fully saturated rings. The van der Waals surface area contributed by atoms with Crippen LogP contribution in [-0.4, -0.2) is 24.2 Å². The normalized spacial score (nSPS) is 11.5. The fourth-order valence-corrected chi connectivity index (χ4v) is 3.68. The standard InChI is InChI=1S/C29H31F2NO3/c1-20-5-6-23(14-21(20)2)15-24(25-16-26(30)18-27(31)17-25)4-3-13-35-28-9-7-22(8-10-28)19-32-12-11-29(33)34/h5-10,14-18,32H,3-4,11-13,19H2,1-2H3,(H,33,34)/b24-15+. The first-order chi connectivity index (χ1) is 16.8. The highest BCUT2D eigenvalue weighted by atomic mass is 19.1. The van der Waals surface area contributed by atoms with Crippen molar-refractivity contribution in [2.24, 2.45) is 0 Å². The van der Waals surface area contributed by atoms with Gasteiger partial charge >= 0.3 is 5.97 Å². The van der Waals surface area contributed by atoms with E-state index in [0.717, 1.165) is 34.1 Å². The highest BCUT2D eigenvalue weighted by Gasteiger charge is 2.08. The molecule has 3 aromatic carbocycles. The van der Waals surface area contributed by atoms with Gasteiger partial charge < -0.3 is 15.2 Å². The zero-order chi connectivity index (χ0) is 25.2. The highest BCUT2D eigenvalue weighted by molar-refractivity contribution is 5.81. The summed E-state index contributed by atoms with van der Waals surface area (Å²) in [6.45, 7) is 5.55. The molecule has 3 rings (SSSR count). The number of carboxylic acid groups (broad SMARTS) is 1. The van der Waals surface area contributed by atoms with Crippen molar-refractivity contribution < 1.29 is 23.4 Å². The van der Waals surface area contributed by atoms with E-state index < -0.39 is 17.6 Å². The SMILES string of the molecule is Cc1ccc(/C=C(\CCCOc2ccc(CNCCC(=O)O)cc2)c2cc(F)cc(F)c2)cc1C. The predicted molar refractivity (Wildman–Crippen MR) is 135 cm³/mol. The number of rotatable bonds is 12. The van der Waals surface area contributed by atoms with E-state index in [1.165, 1.54) is 17.7 Å². The molecule has 2 N–H and O–H groups in total. The van der Waals surface area contributed by atoms with E-state index in [0.29, 0.717) is 38.1 Å². The second kappa shape index (κ2) is 12.8. The maximum absolute atomic E-state index is 13.9. The average molecular weight is 480 g/mol. The van der Waals surface area contributed by atoms with E-state index in [1.807, 2.05) is 56.3 Å². The zero-order valence-corrected chi connectivity index (χ0v) is 20.1. The van der Waals surface area contributed by atoms with Crippen LogP contribution in [0.15, 0.2) is 60.7 Å². The molecule has 3 aromatic rings. The molecule has 0 aliphatic heterocycles. The number of ether oxygens (including phenoxy) is 1. The lowest BCUT2D eigenvalue weighted by Crippen LogP contribution is -2.17. The molecule has 0 saturated heterocycles. The number of aliphatic carboxylic acids is 1. The van der Waals surface area contributed by atoms with Crippen LogP contribution in [0, 0.1) is 25.5 Å². The van der Waals surface area contributed by atoms with Gasteiger partial charge in [-0.1, -0.05) is 36.4 Å². The molecule has 0 saturated carbocycles. The van der Waals surface area contributed by atoms with Crippen molar-refractivity contribution in [2.45, 2.75) is 39.7 Å². The van der Waals surface area contributed by atoms with Gasteiger partial charge in [0.2, 0.25) is 0 Å². The van der Waals surface area contributed by atoms with E-state index in [9.17, 15) is 13.6 Å². The summed E-state index contributed by atoms with van der Waals surface area (Å²) in [6.07, 6.45) is 3.34. The molecular weight excluding hydrogens is 448 g/mol. The smallest absolute Gasteiger partial charge is 0.304 e. The maximum atomic E-state index is 13.9. The molecular formula is C29H31F2NO3. The van der Waals surface area contributed by atoms with E-state index in [-0.39, 0.29) is 6.42 Å². The summed E-state index contributed by atoms with van der Waals surface area (Å²) in [6, 6.07) is 17.3. The van der Waals surface area contributed by atoms with Crippen molar-refractivity contribution in [3.05, 3.63) is 100 Å². The lowest BCUT2D eigenvalue weighted by Gasteiger charge is -2.12. The summed E-state index contributed by atoms with van der Waals surface area (Å²) >= 11 is 0. The second-order valence-electron chi connectivity index (χ2n) is 8.59. The van der Waals surface area contributed by atoms with Crippen molar-refractivity contribution in [2.75, 3.05) is 13.2 Å². The minimum absolute atomic E-state index is 0.0867. The van der Waals surface area contributed by atoms with E-state index in [1.54, 1.807) is 0 Å². The predicted octanol–water partition coefficient (Wildman–Crippen LogP) is 6.55. The van der Waals surface area contributed by atoms with Gasteiger partial charge in [0, 0.05) is 19.2 Å². The minimum atomic E-state index is -0.823. The van der Waals surface area contributed by atoms with Gasteiger partial charge in [0.15, 0.2) is 0 Å². The van der Waals surface area contributed by atoms with Crippen LogP contribution in [0.25, 0.3) is 11.6 Å². The molecule has 0 heterocycles. The van der Waals surface area contributed by atoms with Crippen LogP contribution in [0.4, 0.5) is 8.78 Å². The molecule has 6 heteroatoms. The molecule has 0 radical (unpaired) electrons. The van der Waals surface area contributed by atoms with Crippen LogP contribution in [0.5, 0.6) is 5.75 Å². The molecule has 184 valence electrons. The Balaban J connectivity index is 1.60. The summed E-state index contributed by atoms with van der Waals surface area (Å²) in [4.78, 5) is 10.6. The Bertz CT molecular complexity index is 1150. The first-order valence-electron chi connectivity index (χ1n) is 11.7. The number of allylic oxidation sites excluding steroid dienone is 1. The fraction of sp³-hybridized carbons (Fsp3) is 0.276. The van der Waals surface area contributed by atoms with E-state index in [4.69, 9.17) is 9.84 Å². The van der Waals surface area contributed by atoms with Gasteiger partial charge in [-0.3, -0.25) is 4.79 Å². The Labute approximate surface area is 205 Å². The number of hydrogen-bond acceptors (Lipinski definition) is 3. The van der Waals surface area contributed by atoms with Crippen molar-refractivity contribution in [3.8, 4) is 5.75 Å². The third kappa shape index (κ3) is 8.65. The van der Waals surface area contributed by atoms with Gasteiger partial charge in [-0.15, -0.1) is 0 Å². The molecule has 4 nitrogen and oxygen atoms in total. The Morgan fingerprint density at radius 3 is 2.31 bits per heavy atom. The summed E-state index contributed by atoms with van der Waals surface area (Å²) < 4.78 is 33.7. The third-order valence-electron chi connectivity index (χ3n) is 5.73. The monoisotopic (exact) mass is 479 g/mol. The first-order valence-corrected chi connectivity index (χ1v) is 11.7. The van der Waals surface area contributed by atoms with Gasteiger partial charge in [0.05, 0.1) is 13.0 Å². The number of carbonyl (C=O) groups is 1. The zero-order valence-electron chi connectivity index (χ0n) is 20.1. The molecule has 0 atom stereocenters. The summed E-state index contributed by atoms with van der Waals surface area (Å²) in [5.41, 5.74) is 5.75. The van der Waals surface area contributed by atoms with Crippen LogP contribution < -0.4 is 10.1 Å². The fourth-order valence-electron chi connectivity index (χ4n) is 3.68. The number of halogens is 2. The maximum Gasteiger partial charge on any atom is 0.304 e. The van der Waals surface area contributed by atoms with Gasteiger partial charge in [-0.2, -0.15) is 0 Å². The second-order valence-corrected chi connectivity index (χ2v) is 8.59. The summed E-state index contributed by atoms with van der Waals surface area (Å²) in [5, 5.41) is 11.8. The number of carboxylic acids is 1. The molecule has 35 heavy (non-hydrogen) atoms. The topological polar surface area (TPSA) is 58.6 Å². The van der Waals surface area contributed by atoms with Gasteiger partial charge in [-0.25, -0.2) is 8.78 Å². The lowest BCUT2D eigenvalue weighted by molar-refractivity contribution is -0.136. The molecule has 0 amide bonds. The number of benzene rings is 3. The van der Waals surface area contributed by atoms with E-state index in [2.05, 4.69) is 11.4 Å². The van der Waals surface area contributed by atoms with Crippen LogP contribution in [0.1, 0.15) is 47.1 Å². The van der Waals surface area contributed by atoms with Crippen LogP contribution in [-0.2, 0) is 11.3 Å². The highest BCUT2D eigenvalue weighted by Crippen LogP contribution is 2.26. The quantitative estimate of drug-likeness (QED) is 0.229. The van der Waals surface area contributed by atoms with Crippen molar-refractivity contribution in [3.63, 3.8) is 0 Å². The van der Waals surface area contributed by atoms with Crippen molar-refractivity contribution >= 4 is 17.6 Å². The van der Waals surface area contributed by atoms with Gasteiger partial charge in [-0.05, 0) is 84.3 Å². The van der Waals surface area contributed by atoms with Gasteiger partial charge in [0.1, 0.15) is 17.4 Å². The molecule has 0 spiro atoms. The van der Waals surface area contributed by atoms with Crippen molar-refractivity contribution in [1.29, 1.82) is 0 Å². The van der Waals surface area contributed by atoms with Crippen molar-refractivity contribution in [1.82, 2.24) is 5.32 Å². The van der Waals surface area contributed by atoms with Gasteiger partial charge in [0.25, 0.3) is 0 Å². The largest absolute Gasteiger partial charge is 0.494 e. The molecule has 0 aliphatic carbocycles. The van der Waals surface area contributed by atoms with E-state index >= 15 is 0 Å². The molecule has 0 aromatic heterocycles. The Morgan fingerprint density at radius 1 is 0.943 bits per heavy atom. The molecule has 0 aliphatic rings.